The Bertz CT molecular complexity index is 442. The van der Waals surface area contributed by atoms with E-state index in [1.165, 1.54) is 11.8 Å². The van der Waals surface area contributed by atoms with Crippen molar-refractivity contribution in [2.75, 3.05) is 36.2 Å². The van der Waals surface area contributed by atoms with Crippen molar-refractivity contribution in [1.82, 2.24) is 9.97 Å². The summed E-state index contributed by atoms with van der Waals surface area (Å²) in [6.07, 6.45) is 5.62. The molecule has 2 N–H and O–H groups in total. The van der Waals surface area contributed by atoms with Crippen LogP contribution in [-0.4, -0.2) is 45.0 Å². The van der Waals surface area contributed by atoms with E-state index in [0.29, 0.717) is 0 Å². The minimum Gasteiger partial charge on any atom is -0.370 e. The number of hydrogen-bond donors (Lipinski definition) is 2. The SMILES string of the molecule is CCCNc1cc(NCCC(C)S(C)=O)nc(SC)n1. The van der Waals surface area contributed by atoms with E-state index in [4.69, 9.17) is 0 Å². The van der Waals surface area contributed by atoms with Crippen LogP contribution in [0.3, 0.4) is 0 Å². The lowest BCUT2D eigenvalue weighted by Gasteiger charge is -2.12. The van der Waals surface area contributed by atoms with Crippen LogP contribution in [0.5, 0.6) is 0 Å². The first-order valence-corrected chi connectivity index (χ1v) is 9.64. The van der Waals surface area contributed by atoms with Gasteiger partial charge in [0.1, 0.15) is 11.6 Å². The third-order valence-corrected chi connectivity index (χ3v) is 4.78. The van der Waals surface area contributed by atoms with Crippen LogP contribution in [-0.2, 0) is 10.8 Å². The zero-order valence-electron chi connectivity index (χ0n) is 12.6. The summed E-state index contributed by atoms with van der Waals surface area (Å²) >= 11 is 1.52. The van der Waals surface area contributed by atoms with Crippen molar-refractivity contribution < 1.29 is 4.21 Å². The van der Waals surface area contributed by atoms with Crippen molar-refractivity contribution >= 4 is 34.2 Å². The Morgan fingerprint density at radius 3 is 2.40 bits per heavy atom. The van der Waals surface area contributed by atoms with Gasteiger partial charge in [0.15, 0.2) is 5.16 Å². The molecule has 0 aromatic carbocycles. The Kier molecular flexibility index (Phi) is 7.91. The number of anilines is 2. The second-order valence-electron chi connectivity index (χ2n) is 4.58. The van der Waals surface area contributed by atoms with Gasteiger partial charge in [-0.2, -0.15) is 0 Å². The summed E-state index contributed by atoms with van der Waals surface area (Å²) in [7, 11) is -0.772. The second-order valence-corrected chi connectivity index (χ2v) is 7.15. The average molecular weight is 316 g/mol. The van der Waals surface area contributed by atoms with Gasteiger partial charge in [0.25, 0.3) is 0 Å². The van der Waals surface area contributed by atoms with Crippen molar-refractivity contribution in [1.29, 1.82) is 0 Å². The van der Waals surface area contributed by atoms with Gasteiger partial charge in [-0.15, -0.1) is 0 Å². The molecule has 1 aromatic rings. The molecule has 0 saturated heterocycles. The molecule has 1 aromatic heterocycles. The van der Waals surface area contributed by atoms with Crippen LogP contribution < -0.4 is 10.6 Å². The van der Waals surface area contributed by atoms with Crippen molar-refractivity contribution in [2.24, 2.45) is 0 Å². The van der Waals surface area contributed by atoms with E-state index in [1.807, 2.05) is 19.2 Å². The van der Waals surface area contributed by atoms with Crippen molar-refractivity contribution in [2.45, 2.75) is 37.1 Å². The number of rotatable bonds is 9. The summed E-state index contributed by atoms with van der Waals surface area (Å²) in [6, 6.07) is 1.92. The third-order valence-electron chi connectivity index (χ3n) is 2.87. The molecule has 7 heteroatoms. The summed E-state index contributed by atoms with van der Waals surface area (Å²) < 4.78 is 11.3. The monoisotopic (exact) mass is 316 g/mol. The zero-order valence-corrected chi connectivity index (χ0v) is 14.2. The Balaban J connectivity index is 2.61. The molecule has 2 unspecified atom stereocenters. The van der Waals surface area contributed by atoms with Crippen LogP contribution in [0.15, 0.2) is 11.2 Å². The fraction of sp³-hybridized carbons (Fsp3) is 0.692. The maximum absolute atomic E-state index is 11.3. The minimum atomic E-state index is -0.772. The number of aromatic nitrogens is 2. The van der Waals surface area contributed by atoms with Gasteiger partial charge in [0.05, 0.1) is 0 Å². The molecule has 0 saturated carbocycles. The minimum absolute atomic E-state index is 0.196. The van der Waals surface area contributed by atoms with Crippen molar-refractivity contribution in [3.8, 4) is 0 Å². The van der Waals surface area contributed by atoms with Gasteiger partial charge in [-0.1, -0.05) is 25.6 Å². The predicted octanol–water partition coefficient (Wildman–Crippen LogP) is 2.59. The zero-order chi connectivity index (χ0) is 15.0. The summed E-state index contributed by atoms with van der Waals surface area (Å²) in [5.74, 6) is 1.66. The molecular weight excluding hydrogens is 292 g/mol. The third kappa shape index (κ3) is 6.09. The molecule has 0 aliphatic rings. The summed E-state index contributed by atoms with van der Waals surface area (Å²) in [5.41, 5.74) is 0. The Morgan fingerprint density at radius 2 is 1.90 bits per heavy atom. The first-order valence-electron chi connectivity index (χ1n) is 6.79. The summed E-state index contributed by atoms with van der Waals surface area (Å²) in [6.45, 7) is 5.78. The van der Waals surface area contributed by atoms with Crippen LogP contribution in [0.2, 0.25) is 0 Å². The molecule has 1 rings (SSSR count). The van der Waals surface area contributed by atoms with Crippen LogP contribution in [0.4, 0.5) is 11.6 Å². The van der Waals surface area contributed by atoms with Gasteiger partial charge < -0.3 is 10.6 Å². The van der Waals surface area contributed by atoms with Crippen LogP contribution in [0.1, 0.15) is 26.7 Å². The Labute approximate surface area is 128 Å². The number of nitrogens with zero attached hydrogens (tertiary/aromatic N) is 2. The molecule has 0 fully saturated rings. The van der Waals surface area contributed by atoms with Crippen molar-refractivity contribution in [3.05, 3.63) is 6.07 Å². The second kappa shape index (κ2) is 9.18. The molecule has 20 heavy (non-hydrogen) atoms. The summed E-state index contributed by atoms with van der Waals surface area (Å²) in [5, 5.41) is 7.50. The highest BCUT2D eigenvalue weighted by molar-refractivity contribution is 7.98. The highest BCUT2D eigenvalue weighted by Crippen LogP contribution is 2.17. The van der Waals surface area contributed by atoms with E-state index in [1.54, 1.807) is 6.26 Å². The first kappa shape index (κ1) is 17.2. The van der Waals surface area contributed by atoms with E-state index < -0.39 is 10.8 Å². The van der Waals surface area contributed by atoms with E-state index in [0.717, 1.165) is 42.7 Å². The number of hydrogen-bond acceptors (Lipinski definition) is 6. The molecule has 0 aliphatic heterocycles. The van der Waals surface area contributed by atoms with Gasteiger partial charge in [-0.05, 0) is 19.1 Å². The smallest absolute Gasteiger partial charge is 0.191 e. The van der Waals surface area contributed by atoms with E-state index in [-0.39, 0.29) is 5.25 Å². The Hall–Kier alpha value is -0.820. The van der Waals surface area contributed by atoms with Crippen LogP contribution in [0, 0.1) is 0 Å². The normalized spacial score (nSPS) is 13.8. The average Bonchev–Trinajstić information content (AvgIpc) is 2.44. The van der Waals surface area contributed by atoms with E-state index in [2.05, 4.69) is 27.5 Å². The number of thioether (sulfide) groups is 1. The van der Waals surface area contributed by atoms with E-state index >= 15 is 0 Å². The molecule has 0 bridgehead atoms. The Morgan fingerprint density at radius 1 is 1.30 bits per heavy atom. The van der Waals surface area contributed by atoms with Crippen LogP contribution in [0.25, 0.3) is 0 Å². The van der Waals surface area contributed by atoms with Gasteiger partial charge >= 0.3 is 0 Å². The number of nitrogens with one attached hydrogen (secondary N) is 2. The van der Waals surface area contributed by atoms with E-state index in [9.17, 15) is 4.21 Å². The summed E-state index contributed by atoms with van der Waals surface area (Å²) in [4.78, 5) is 8.84. The fourth-order valence-corrected chi connectivity index (χ4v) is 2.35. The lowest BCUT2D eigenvalue weighted by atomic mass is 10.3. The predicted molar refractivity (Wildman–Crippen MR) is 89.2 cm³/mol. The first-order chi connectivity index (χ1) is 9.56. The highest BCUT2D eigenvalue weighted by atomic mass is 32.2. The highest BCUT2D eigenvalue weighted by Gasteiger charge is 2.07. The van der Waals surface area contributed by atoms with Gasteiger partial charge in [0, 0.05) is 41.5 Å². The molecule has 114 valence electrons. The van der Waals surface area contributed by atoms with Gasteiger partial charge in [0.2, 0.25) is 0 Å². The maximum Gasteiger partial charge on any atom is 0.191 e. The molecule has 2 atom stereocenters. The standard InChI is InChI=1S/C13H24N4OS2/c1-5-7-14-11-9-12(17-13(16-11)19-3)15-8-6-10(2)20(4)18/h9-10H,5-8H2,1-4H3,(H2,14,15,16,17). The lowest BCUT2D eigenvalue weighted by Crippen LogP contribution is -2.15. The molecule has 1 heterocycles. The van der Waals surface area contributed by atoms with Crippen LogP contribution >= 0.6 is 11.8 Å². The largest absolute Gasteiger partial charge is 0.370 e. The molecule has 0 aliphatic carbocycles. The molecule has 0 spiro atoms. The molecule has 5 nitrogen and oxygen atoms in total. The fourth-order valence-electron chi connectivity index (χ4n) is 1.52. The maximum atomic E-state index is 11.3. The molecular formula is C13H24N4OS2. The molecule has 0 radical (unpaired) electrons. The van der Waals surface area contributed by atoms with Crippen molar-refractivity contribution in [3.63, 3.8) is 0 Å². The molecule has 0 amide bonds. The van der Waals surface area contributed by atoms with Gasteiger partial charge in [-0.3, -0.25) is 4.21 Å². The van der Waals surface area contributed by atoms with Gasteiger partial charge in [-0.25, -0.2) is 9.97 Å². The quantitative estimate of drug-likeness (QED) is 0.539. The topological polar surface area (TPSA) is 66.9 Å². The lowest BCUT2D eigenvalue weighted by molar-refractivity contribution is 0.672.